The first-order valence-corrected chi connectivity index (χ1v) is 7.33. The molecular formula is C12H8BrN3OS2. The predicted octanol–water partition coefficient (Wildman–Crippen LogP) is 3.72. The number of benzene rings is 1. The molecule has 0 aliphatic carbocycles. The maximum Gasteiger partial charge on any atom is 0.229 e. The fourth-order valence-electron chi connectivity index (χ4n) is 1.81. The third-order valence-corrected chi connectivity index (χ3v) is 4.57. The molecule has 3 rings (SSSR count). The Hall–Kier alpha value is -1.44. The number of aliphatic imine (C=N–C) groups is 1. The van der Waals surface area contributed by atoms with E-state index in [2.05, 4.69) is 20.9 Å². The summed E-state index contributed by atoms with van der Waals surface area (Å²) < 4.78 is 2.50. The summed E-state index contributed by atoms with van der Waals surface area (Å²) in [5.74, 6) is 5.57. The van der Waals surface area contributed by atoms with Crippen LogP contribution in [0.4, 0.5) is 5.69 Å². The molecule has 2 heterocycles. The Morgan fingerprint density at radius 2 is 2.26 bits per heavy atom. The Kier molecular flexibility index (Phi) is 3.04. The Morgan fingerprint density at radius 1 is 1.47 bits per heavy atom. The van der Waals surface area contributed by atoms with Gasteiger partial charge in [0.2, 0.25) is 5.88 Å². The van der Waals surface area contributed by atoms with Crippen LogP contribution in [0.5, 0.6) is 5.88 Å². The van der Waals surface area contributed by atoms with Crippen molar-refractivity contribution in [2.24, 2.45) is 4.99 Å². The Labute approximate surface area is 126 Å². The third-order valence-electron chi connectivity index (χ3n) is 2.74. The van der Waals surface area contributed by atoms with Crippen molar-refractivity contribution in [2.45, 2.75) is 0 Å². The van der Waals surface area contributed by atoms with Crippen molar-refractivity contribution in [3.05, 3.63) is 37.1 Å². The largest absolute Gasteiger partial charge is 0.492 e. The first-order chi connectivity index (χ1) is 9.06. The van der Waals surface area contributed by atoms with Gasteiger partial charge < -0.3 is 10.9 Å². The van der Waals surface area contributed by atoms with Gasteiger partial charge in [0, 0.05) is 21.8 Å². The molecule has 0 unspecified atom stereocenters. The minimum atomic E-state index is -0.0284. The number of fused-ring (bicyclic) bond motifs is 1. The standard InChI is InChI=1S/C12H8BrN3OS2/c13-7-1-2-9-8(4-7)6(5-15-9)3-10-11(17)16(14)12(18)19-10/h1-5,17H,14H2/b6-3+. The zero-order valence-electron chi connectivity index (χ0n) is 9.50. The highest BCUT2D eigenvalue weighted by Crippen LogP contribution is 2.36. The van der Waals surface area contributed by atoms with Crippen molar-refractivity contribution in [1.29, 1.82) is 0 Å². The highest BCUT2D eigenvalue weighted by molar-refractivity contribution is 9.10. The van der Waals surface area contributed by atoms with Crippen LogP contribution < -0.4 is 5.84 Å². The van der Waals surface area contributed by atoms with Gasteiger partial charge >= 0.3 is 0 Å². The zero-order chi connectivity index (χ0) is 13.6. The van der Waals surface area contributed by atoms with Gasteiger partial charge in [-0.3, -0.25) is 4.99 Å². The van der Waals surface area contributed by atoms with E-state index in [4.69, 9.17) is 18.1 Å². The summed E-state index contributed by atoms with van der Waals surface area (Å²) in [4.78, 5) is 4.95. The molecule has 0 saturated heterocycles. The highest BCUT2D eigenvalue weighted by Gasteiger charge is 2.15. The quantitative estimate of drug-likeness (QED) is 0.606. The fraction of sp³-hybridized carbons (Fsp3) is 0. The summed E-state index contributed by atoms with van der Waals surface area (Å²) in [6, 6.07) is 5.87. The monoisotopic (exact) mass is 353 g/mol. The second kappa shape index (κ2) is 4.59. The van der Waals surface area contributed by atoms with Gasteiger partial charge in [-0.25, -0.2) is 4.68 Å². The lowest BCUT2D eigenvalue weighted by molar-refractivity contribution is 0.436. The van der Waals surface area contributed by atoms with Gasteiger partial charge in [0.05, 0.1) is 10.6 Å². The van der Waals surface area contributed by atoms with Gasteiger partial charge in [0.1, 0.15) is 0 Å². The first-order valence-electron chi connectivity index (χ1n) is 5.32. The van der Waals surface area contributed by atoms with Crippen LogP contribution >= 0.6 is 39.5 Å². The van der Waals surface area contributed by atoms with Gasteiger partial charge in [-0.05, 0) is 36.5 Å². The summed E-state index contributed by atoms with van der Waals surface area (Å²) >= 11 is 9.72. The van der Waals surface area contributed by atoms with Crippen molar-refractivity contribution in [1.82, 2.24) is 4.68 Å². The van der Waals surface area contributed by atoms with Crippen LogP contribution in [0.3, 0.4) is 0 Å². The molecule has 0 atom stereocenters. The third kappa shape index (κ3) is 2.13. The summed E-state index contributed by atoms with van der Waals surface area (Å²) in [6.07, 6.45) is 3.60. The van der Waals surface area contributed by atoms with E-state index in [0.717, 1.165) is 26.0 Å². The number of nitrogens with zero attached hydrogens (tertiary/aromatic N) is 2. The topological polar surface area (TPSA) is 63.5 Å². The van der Waals surface area contributed by atoms with E-state index in [1.165, 1.54) is 11.3 Å². The van der Waals surface area contributed by atoms with Crippen molar-refractivity contribution < 1.29 is 5.11 Å². The number of nitrogens with two attached hydrogens (primary N) is 1. The molecule has 1 aromatic heterocycles. The van der Waals surface area contributed by atoms with E-state index in [1.54, 1.807) is 6.21 Å². The molecule has 0 saturated carbocycles. The average molecular weight is 354 g/mol. The van der Waals surface area contributed by atoms with E-state index in [-0.39, 0.29) is 5.88 Å². The van der Waals surface area contributed by atoms with E-state index in [0.29, 0.717) is 8.83 Å². The molecule has 96 valence electrons. The normalized spacial score (nSPS) is 15.1. The Morgan fingerprint density at radius 3 is 2.95 bits per heavy atom. The summed E-state index contributed by atoms with van der Waals surface area (Å²) in [6.45, 7) is 0. The summed E-state index contributed by atoms with van der Waals surface area (Å²) in [5.41, 5.74) is 2.84. The first kappa shape index (κ1) is 12.6. The average Bonchev–Trinajstić information content (AvgIpc) is 2.88. The van der Waals surface area contributed by atoms with Gasteiger partial charge in [-0.1, -0.05) is 27.3 Å². The molecule has 0 spiro atoms. The summed E-state index contributed by atoms with van der Waals surface area (Å²) in [5, 5.41) is 9.86. The molecule has 3 N–H and O–H groups in total. The van der Waals surface area contributed by atoms with Crippen molar-refractivity contribution in [3.63, 3.8) is 0 Å². The minimum Gasteiger partial charge on any atom is -0.492 e. The fourth-order valence-corrected chi connectivity index (χ4v) is 3.27. The molecule has 4 nitrogen and oxygen atoms in total. The lowest BCUT2D eigenvalue weighted by Gasteiger charge is -2.00. The van der Waals surface area contributed by atoms with E-state index in [9.17, 15) is 5.11 Å². The van der Waals surface area contributed by atoms with Crippen LogP contribution in [0.2, 0.25) is 0 Å². The predicted molar refractivity (Wildman–Crippen MR) is 85.1 cm³/mol. The Bertz CT molecular complexity index is 789. The number of allylic oxidation sites excluding steroid dienone is 1. The van der Waals surface area contributed by atoms with Crippen LogP contribution in [0, 0.1) is 3.95 Å². The molecular weight excluding hydrogens is 346 g/mol. The van der Waals surface area contributed by atoms with Gasteiger partial charge in [0.15, 0.2) is 3.95 Å². The number of aromatic hydroxyl groups is 1. The number of rotatable bonds is 1. The van der Waals surface area contributed by atoms with Crippen LogP contribution in [0.15, 0.2) is 27.7 Å². The minimum absolute atomic E-state index is 0.0284. The zero-order valence-corrected chi connectivity index (χ0v) is 12.7. The molecule has 7 heteroatoms. The van der Waals surface area contributed by atoms with Crippen LogP contribution in [-0.4, -0.2) is 16.0 Å². The van der Waals surface area contributed by atoms with E-state index < -0.39 is 0 Å². The van der Waals surface area contributed by atoms with Gasteiger partial charge in [0.25, 0.3) is 0 Å². The SMILES string of the molecule is Nn1c(O)c(/C=C2\C=Nc3ccc(Br)cc32)sc1=S. The number of nitrogen functional groups attached to an aromatic ring is 1. The highest BCUT2D eigenvalue weighted by atomic mass is 79.9. The maximum absolute atomic E-state index is 9.86. The number of hydrogen-bond acceptors (Lipinski definition) is 5. The molecule has 1 aliphatic heterocycles. The van der Waals surface area contributed by atoms with Crippen LogP contribution in [0.25, 0.3) is 11.6 Å². The lowest BCUT2D eigenvalue weighted by Crippen LogP contribution is -2.06. The van der Waals surface area contributed by atoms with Gasteiger partial charge in [-0.15, -0.1) is 0 Å². The molecule has 0 amide bonds. The second-order valence-corrected chi connectivity index (χ2v) is 6.54. The van der Waals surface area contributed by atoms with Crippen molar-refractivity contribution in [3.8, 4) is 5.88 Å². The van der Waals surface area contributed by atoms with Gasteiger partial charge in [-0.2, -0.15) is 0 Å². The molecule has 0 fully saturated rings. The Balaban J connectivity index is 2.13. The van der Waals surface area contributed by atoms with E-state index in [1.807, 2.05) is 24.3 Å². The molecule has 2 aromatic rings. The smallest absolute Gasteiger partial charge is 0.229 e. The van der Waals surface area contributed by atoms with Crippen LogP contribution in [0.1, 0.15) is 10.4 Å². The number of halogens is 1. The van der Waals surface area contributed by atoms with Crippen LogP contribution in [-0.2, 0) is 0 Å². The lowest BCUT2D eigenvalue weighted by atomic mass is 10.1. The molecule has 1 aliphatic rings. The van der Waals surface area contributed by atoms with E-state index >= 15 is 0 Å². The summed E-state index contributed by atoms with van der Waals surface area (Å²) in [7, 11) is 0. The number of hydrogen-bond donors (Lipinski definition) is 2. The molecule has 0 bridgehead atoms. The second-order valence-electron chi connectivity index (χ2n) is 3.95. The maximum atomic E-state index is 9.86. The number of thiazole rings is 1. The molecule has 1 aromatic carbocycles. The molecule has 0 radical (unpaired) electrons. The van der Waals surface area contributed by atoms with Crippen molar-refractivity contribution >= 4 is 63.0 Å². The molecule has 19 heavy (non-hydrogen) atoms. The number of aromatic nitrogens is 1. The van der Waals surface area contributed by atoms with Crippen molar-refractivity contribution in [2.75, 3.05) is 5.84 Å².